The Morgan fingerprint density at radius 2 is 2.28 bits per heavy atom. The van der Waals surface area contributed by atoms with E-state index in [1.807, 2.05) is 0 Å². The summed E-state index contributed by atoms with van der Waals surface area (Å²) in [7, 11) is 1.60. The van der Waals surface area contributed by atoms with E-state index in [-0.39, 0.29) is 12.0 Å². The fourth-order valence-electron chi connectivity index (χ4n) is 3.47. The van der Waals surface area contributed by atoms with Gasteiger partial charge in [0.2, 0.25) is 5.60 Å². The number of hydrogen-bond acceptors (Lipinski definition) is 7. The van der Waals surface area contributed by atoms with E-state index in [9.17, 15) is 19.4 Å². The number of hydrogen-bond donors (Lipinski definition) is 3. The summed E-state index contributed by atoms with van der Waals surface area (Å²) < 4.78 is 20.3. The maximum absolute atomic E-state index is 14.6. The van der Waals surface area contributed by atoms with Crippen LogP contribution in [0.4, 0.5) is 4.39 Å². The molecular weight excluding hydrogens is 397 g/mol. The van der Waals surface area contributed by atoms with Gasteiger partial charge < -0.3 is 25.6 Å². The Bertz CT molecular complexity index is 1040. The Morgan fingerprint density at radius 1 is 1.48 bits per heavy atom. The monoisotopic (exact) mass is 417 g/mol. The minimum Gasteiger partial charge on any atom is -0.492 e. The first-order valence-corrected chi connectivity index (χ1v) is 10.0. The number of carbonyl (C=O) groups is 1. The maximum atomic E-state index is 14.6. The number of rotatable bonds is 1. The van der Waals surface area contributed by atoms with E-state index in [1.165, 1.54) is 28.4 Å². The number of carbonyl (C=O) groups excluding carboxylic acids is 1. The third-order valence-electron chi connectivity index (χ3n) is 5.01. The van der Waals surface area contributed by atoms with E-state index in [4.69, 9.17) is 10.5 Å². The van der Waals surface area contributed by atoms with Crippen molar-refractivity contribution in [2.24, 2.45) is 5.73 Å². The van der Waals surface area contributed by atoms with Crippen molar-refractivity contribution < 1.29 is 24.1 Å². The summed E-state index contributed by atoms with van der Waals surface area (Å²) >= 11 is 1.28. The molecule has 152 valence electrons. The second kappa shape index (κ2) is 7.39. The molecule has 1 amide bonds. The van der Waals surface area contributed by atoms with Gasteiger partial charge in [-0.25, -0.2) is 9.37 Å². The lowest BCUT2D eigenvalue weighted by Gasteiger charge is -2.32. The number of ether oxygens (including phenoxy) is 1. The van der Waals surface area contributed by atoms with Crippen LogP contribution in [-0.4, -0.2) is 51.8 Å². The van der Waals surface area contributed by atoms with Crippen LogP contribution in [-0.2, 0) is 11.2 Å². The SMILES string of the molecule is CN1CCCC(O)(C#Cc2cc3c(cc2F)OCCc2sc(C(N)O)nc2-3)C1=O. The summed E-state index contributed by atoms with van der Waals surface area (Å²) in [6.45, 7) is 0.892. The first kappa shape index (κ1) is 19.8. The quantitative estimate of drug-likeness (QED) is 0.475. The highest BCUT2D eigenvalue weighted by Gasteiger charge is 2.39. The largest absolute Gasteiger partial charge is 0.492 e. The molecule has 2 aliphatic heterocycles. The fraction of sp³-hybridized carbons (Fsp3) is 0.400. The Kier molecular flexibility index (Phi) is 5.04. The van der Waals surface area contributed by atoms with Crippen LogP contribution >= 0.6 is 11.3 Å². The van der Waals surface area contributed by atoms with Gasteiger partial charge in [-0.2, -0.15) is 0 Å². The number of piperidine rings is 1. The summed E-state index contributed by atoms with van der Waals surface area (Å²) in [4.78, 5) is 19.0. The van der Waals surface area contributed by atoms with Crippen LogP contribution in [0, 0.1) is 17.7 Å². The Morgan fingerprint density at radius 3 is 3.03 bits per heavy atom. The van der Waals surface area contributed by atoms with Crippen molar-refractivity contribution in [2.75, 3.05) is 20.2 Å². The molecule has 29 heavy (non-hydrogen) atoms. The molecule has 0 bridgehead atoms. The fourth-order valence-corrected chi connectivity index (χ4v) is 4.42. The van der Waals surface area contributed by atoms with Gasteiger partial charge in [-0.15, -0.1) is 11.3 Å². The van der Waals surface area contributed by atoms with Crippen molar-refractivity contribution in [1.82, 2.24) is 9.88 Å². The van der Waals surface area contributed by atoms with Gasteiger partial charge in [0.25, 0.3) is 5.91 Å². The first-order valence-electron chi connectivity index (χ1n) is 9.19. The Balaban J connectivity index is 1.77. The molecular formula is C20H20FN3O4S. The van der Waals surface area contributed by atoms with E-state index in [2.05, 4.69) is 16.8 Å². The Hall–Kier alpha value is -2.51. The van der Waals surface area contributed by atoms with Gasteiger partial charge >= 0.3 is 0 Å². The van der Waals surface area contributed by atoms with Gasteiger partial charge in [0.05, 0.1) is 17.9 Å². The van der Waals surface area contributed by atoms with Crippen molar-refractivity contribution >= 4 is 17.2 Å². The zero-order valence-corrected chi connectivity index (χ0v) is 16.6. The third-order valence-corrected chi connectivity index (χ3v) is 6.20. The van der Waals surface area contributed by atoms with Crippen molar-refractivity contribution in [1.29, 1.82) is 0 Å². The third kappa shape index (κ3) is 3.60. The molecule has 1 aromatic heterocycles. The number of halogens is 1. The number of aliphatic hydroxyl groups excluding tert-OH is 1. The minimum absolute atomic E-state index is 0.0255. The highest BCUT2D eigenvalue weighted by Crippen LogP contribution is 2.39. The number of thiazole rings is 1. The van der Waals surface area contributed by atoms with Gasteiger partial charge in [-0.3, -0.25) is 4.79 Å². The van der Waals surface area contributed by atoms with Crippen LogP contribution in [0.15, 0.2) is 12.1 Å². The number of nitrogens with two attached hydrogens (primary N) is 1. The molecule has 2 atom stereocenters. The predicted octanol–water partition coefficient (Wildman–Crippen LogP) is 1.17. The molecule has 1 aromatic carbocycles. The van der Waals surface area contributed by atoms with E-state index in [1.54, 1.807) is 7.05 Å². The van der Waals surface area contributed by atoms with Gasteiger partial charge in [0.15, 0.2) is 6.23 Å². The Labute approximate surface area is 170 Å². The van der Waals surface area contributed by atoms with Gasteiger partial charge in [-0.05, 0) is 18.9 Å². The number of fused-ring (bicyclic) bond motifs is 3. The lowest BCUT2D eigenvalue weighted by Crippen LogP contribution is -2.51. The molecule has 0 saturated carbocycles. The van der Waals surface area contributed by atoms with Crippen molar-refractivity contribution in [3.05, 3.63) is 33.4 Å². The molecule has 0 spiro atoms. The molecule has 2 aliphatic rings. The summed E-state index contributed by atoms with van der Waals surface area (Å²) in [5.41, 5.74) is 4.83. The summed E-state index contributed by atoms with van der Waals surface area (Å²) in [6.07, 6.45) is 0.171. The summed E-state index contributed by atoms with van der Waals surface area (Å²) in [6, 6.07) is 2.72. The van der Waals surface area contributed by atoms with Crippen LogP contribution in [0.25, 0.3) is 11.3 Å². The highest BCUT2D eigenvalue weighted by molar-refractivity contribution is 7.12. The lowest BCUT2D eigenvalue weighted by atomic mass is 9.92. The number of benzene rings is 1. The van der Waals surface area contributed by atoms with Gasteiger partial charge in [-0.1, -0.05) is 11.8 Å². The summed E-state index contributed by atoms with van der Waals surface area (Å²) in [5.74, 6) is 4.41. The number of likely N-dealkylation sites (tertiary alicyclic amines) is 1. The molecule has 0 radical (unpaired) electrons. The van der Waals surface area contributed by atoms with Crippen LogP contribution in [0.5, 0.6) is 5.75 Å². The van der Waals surface area contributed by atoms with E-state index < -0.39 is 23.6 Å². The highest BCUT2D eigenvalue weighted by atomic mass is 32.1. The zero-order valence-electron chi connectivity index (χ0n) is 15.7. The standard InChI is InChI=1S/C20H20FN3O4S/c1-24-7-2-5-20(27,19(24)26)6-3-11-9-12-14(10-13(11)21)28-8-4-15-16(12)23-18(29-15)17(22)25/h9-10,17,25,27H,2,4-5,7-8,22H2,1H3. The number of likely N-dealkylation sites (N-methyl/N-ethyl adjacent to an activating group) is 1. The van der Waals surface area contributed by atoms with Crippen molar-refractivity contribution in [3.8, 4) is 28.8 Å². The average molecular weight is 417 g/mol. The second-order valence-electron chi connectivity index (χ2n) is 7.14. The van der Waals surface area contributed by atoms with Gasteiger partial charge in [0.1, 0.15) is 16.6 Å². The smallest absolute Gasteiger partial charge is 0.267 e. The molecule has 9 heteroatoms. The average Bonchev–Trinajstić information content (AvgIpc) is 3.03. The minimum atomic E-state index is -1.83. The van der Waals surface area contributed by atoms with E-state index in [0.29, 0.717) is 48.0 Å². The topological polar surface area (TPSA) is 109 Å². The molecule has 7 nitrogen and oxygen atoms in total. The number of aliphatic hydroxyl groups is 2. The van der Waals surface area contributed by atoms with Crippen molar-refractivity contribution in [3.63, 3.8) is 0 Å². The number of nitrogens with zero attached hydrogens (tertiary/aromatic N) is 2. The lowest BCUT2D eigenvalue weighted by molar-refractivity contribution is -0.148. The molecule has 4 N–H and O–H groups in total. The first-order chi connectivity index (χ1) is 13.8. The maximum Gasteiger partial charge on any atom is 0.267 e. The van der Waals surface area contributed by atoms with Crippen LogP contribution in [0.3, 0.4) is 0 Å². The number of amides is 1. The molecule has 1 saturated heterocycles. The van der Waals surface area contributed by atoms with E-state index in [0.717, 1.165) is 4.88 Å². The van der Waals surface area contributed by atoms with Crippen LogP contribution in [0.1, 0.15) is 34.5 Å². The second-order valence-corrected chi connectivity index (χ2v) is 8.25. The molecule has 2 aromatic rings. The molecule has 0 aliphatic carbocycles. The number of aromatic nitrogens is 1. The van der Waals surface area contributed by atoms with Gasteiger partial charge in [0, 0.05) is 36.5 Å². The van der Waals surface area contributed by atoms with E-state index >= 15 is 0 Å². The van der Waals surface area contributed by atoms with Crippen LogP contribution < -0.4 is 10.5 Å². The normalized spacial score (nSPS) is 22.0. The van der Waals surface area contributed by atoms with Crippen molar-refractivity contribution in [2.45, 2.75) is 31.1 Å². The summed E-state index contributed by atoms with van der Waals surface area (Å²) in [5, 5.41) is 20.6. The zero-order chi connectivity index (χ0) is 20.8. The molecule has 1 fully saturated rings. The predicted molar refractivity (Wildman–Crippen MR) is 105 cm³/mol. The molecule has 2 unspecified atom stereocenters. The molecule has 4 rings (SSSR count). The van der Waals surface area contributed by atoms with Crippen LogP contribution in [0.2, 0.25) is 0 Å². The molecule has 3 heterocycles.